The van der Waals surface area contributed by atoms with Crippen LogP contribution >= 0.6 is 11.6 Å². The van der Waals surface area contributed by atoms with Crippen LogP contribution in [0, 0.1) is 5.82 Å². The summed E-state index contributed by atoms with van der Waals surface area (Å²) in [7, 11) is 0. The molecule has 1 atom stereocenters. The Morgan fingerprint density at radius 2 is 1.76 bits per heavy atom. The Balaban J connectivity index is 2.38. The Kier molecular flexibility index (Phi) is 4.39. The predicted octanol–water partition coefficient (Wildman–Crippen LogP) is 4.46. The molecule has 0 amide bonds. The van der Waals surface area contributed by atoms with E-state index < -0.39 is 24.0 Å². The summed E-state index contributed by atoms with van der Waals surface area (Å²) < 4.78 is 54.2. The van der Waals surface area contributed by atoms with Gasteiger partial charge in [-0.1, -0.05) is 35.9 Å². The molecule has 0 aliphatic rings. The van der Waals surface area contributed by atoms with Gasteiger partial charge in [0, 0.05) is 5.56 Å². The number of rotatable bonds is 3. The summed E-state index contributed by atoms with van der Waals surface area (Å²) in [5.74, 6) is -1.32. The minimum Gasteiger partial charge on any atom is -0.405 e. The van der Waals surface area contributed by atoms with E-state index in [1.165, 1.54) is 30.3 Å². The molecule has 2 aromatic carbocycles. The molecule has 1 N–H and O–H groups in total. The van der Waals surface area contributed by atoms with E-state index in [0.29, 0.717) is 0 Å². The standard InChI is InChI=1S/C14H9ClF4O2/c15-10-6-5-8(7-11(10)16)13(20)9-3-1-2-4-12(9)21-14(17,18)19/h1-7,13,20H. The van der Waals surface area contributed by atoms with Gasteiger partial charge in [0.05, 0.1) is 5.02 Å². The Hall–Kier alpha value is -1.79. The molecule has 112 valence electrons. The fourth-order valence-corrected chi connectivity index (χ4v) is 1.90. The molecular weight excluding hydrogens is 312 g/mol. The highest BCUT2D eigenvalue weighted by Gasteiger charge is 2.33. The van der Waals surface area contributed by atoms with Crippen molar-refractivity contribution in [2.75, 3.05) is 0 Å². The number of benzene rings is 2. The summed E-state index contributed by atoms with van der Waals surface area (Å²) >= 11 is 5.52. The van der Waals surface area contributed by atoms with Crippen molar-refractivity contribution in [1.82, 2.24) is 0 Å². The van der Waals surface area contributed by atoms with E-state index in [-0.39, 0.29) is 16.1 Å². The van der Waals surface area contributed by atoms with Crippen molar-refractivity contribution in [3.63, 3.8) is 0 Å². The van der Waals surface area contributed by atoms with Gasteiger partial charge in [-0.2, -0.15) is 0 Å². The van der Waals surface area contributed by atoms with Crippen LogP contribution in [0.1, 0.15) is 17.2 Å². The lowest BCUT2D eigenvalue weighted by Gasteiger charge is -2.17. The maximum atomic E-state index is 13.4. The Bertz CT molecular complexity index is 643. The second-order valence-corrected chi connectivity index (χ2v) is 4.57. The van der Waals surface area contributed by atoms with E-state index in [1.54, 1.807) is 0 Å². The van der Waals surface area contributed by atoms with Crippen molar-refractivity contribution in [3.8, 4) is 5.75 Å². The lowest BCUT2D eigenvalue weighted by molar-refractivity contribution is -0.275. The molecule has 0 radical (unpaired) electrons. The summed E-state index contributed by atoms with van der Waals surface area (Å²) in [5, 5.41) is 9.98. The molecule has 0 aliphatic carbocycles. The van der Waals surface area contributed by atoms with Crippen LogP contribution in [-0.4, -0.2) is 11.5 Å². The highest BCUT2D eigenvalue weighted by atomic mass is 35.5. The third-order valence-electron chi connectivity index (χ3n) is 2.70. The molecular formula is C14H9ClF4O2. The molecule has 0 saturated heterocycles. The summed E-state index contributed by atoms with van der Waals surface area (Å²) in [4.78, 5) is 0. The molecule has 2 nitrogen and oxygen atoms in total. The number of hydrogen-bond acceptors (Lipinski definition) is 2. The van der Waals surface area contributed by atoms with Crippen LogP contribution < -0.4 is 4.74 Å². The SMILES string of the molecule is OC(c1ccc(Cl)c(F)c1)c1ccccc1OC(F)(F)F. The first-order chi connectivity index (χ1) is 9.78. The molecule has 0 heterocycles. The van der Waals surface area contributed by atoms with Crippen molar-refractivity contribution >= 4 is 11.6 Å². The van der Waals surface area contributed by atoms with Gasteiger partial charge in [0.25, 0.3) is 0 Å². The molecule has 2 rings (SSSR count). The summed E-state index contributed by atoms with van der Waals surface area (Å²) in [6.45, 7) is 0. The first kappa shape index (κ1) is 15.6. The van der Waals surface area contributed by atoms with Crippen LogP contribution in [-0.2, 0) is 0 Å². The van der Waals surface area contributed by atoms with Crippen LogP contribution in [0.15, 0.2) is 42.5 Å². The summed E-state index contributed by atoms with van der Waals surface area (Å²) in [6.07, 6.45) is -6.36. The second-order valence-electron chi connectivity index (χ2n) is 4.16. The smallest absolute Gasteiger partial charge is 0.405 e. The van der Waals surface area contributed by atoms with Gasteiger partial charge in [0.15, 0.2) is 0 Å². The van der Waals surface area contributed by atoms with E-state index in [2.05, 4.69) is 4.74 Å². The van der Waals surface area contributed by atoms with Gasteiger partial charge in [0.2, 0.25) is 0 Å². The maximum absolute atomic E-state index is 13.4. The van der Waals surface area contributed by atoms with Crippen LogP contribution in [0.25, 0.3) is 0 Å². The van der Waals surface area contributed by atoms with Crippen LogP contribution in [0.3, 0.4) is 0 Å². The van der Waals surface area contributed by atoms with E-state index in [0.717, 1.165) is 12.1 Å². The van der Waals surface area contributed by atoms with Gasteiger partial charge < -0.3 is 9.84 Å². The third kappa shape index (κ3) is 3.86. The minimum atomic E-state index is -4.89. The average molecular weight is 321 g/mol. The number of para-hydroxylation sites is 1. The number of ether oxygens (including phenoxy) is 1. The van der Waals surface area contributed by atoms with Crippen molar-refractivity contribution < 1.29 is 27.4 Å². The molecule has 0 fully saturated rings. The van der Waals surface area contributed by atoms with Crippen LogP contribution in [0.5, 0.6) is 5.75 Å². The lowest BCUT2D eigenvalue weighted by atomic mass is 10.0. The summed E-state index contributed by atoms with van der Waals surface area (Å²) in [6, 6.07) is 8.59. The molecule has 1 unspecified atom stereocenters. The molecule has 21 heavy (non-hydrogen) atoms. The van der Waals surface area contributed by atoms with Gasteiger partial charge >= 0.3 is 6.36 Å². The molecule has 0 bridgehead atoms. The number of aliphatic hydroxyl groups is 1. The zero-order valence-electron chi connectivity index (χ0n) is 10.4. The zero-order chi connectivity index (χ0) is 15.6. The third-order valence-corrected chi connectivity index (χ3v) is 3.01. The van der Waals surface area contributed by atoms with E-state index in [1.807, 2.05) is 0 Å². The molecule has 0 saturated carbocycles. The molecule has 0 spiro atoms. The van der Waals surface area contributed by atoms with Crippen molar-refractivity contribution in [2.24, 2.45) is 0 Å². The summed E-state index contributed by atoms with van der Waals surface area (Å²) in [5.41, 5.74) is -0.0633. The highest BCUT2D eigenvalue weighted by molar-refractivity contribution is 6.30. The van der Waals surface area contributed by atoms with Crippen LogP contribution in [0.4, 0.5) is 17.6 Å². The monoisotopic (exact) mass is 320 g/mol. The quantitative estimate of drug-likeness (QED) is 0.846. The number of hydrogen-bond donors (Lipinski definition) is 1. The minimum absolute atomic E-state index is 0.0649. The van der Waals surface area contributed by atoms with Gasteiger partial charge in [-0.3, -0.25) is 0 Å². The normalized spacial score (nSPS) is 13.0. The number of aliphatic hydroxyl groups excluding tert-OH is 1. The van der Waals surface area contributed by atoms with Crippen molar-refractivity contribution in [1.29, 1.82) is 0 Å². The van der Waals surface area contributed by atoms with Crippen molar-refractivity contribution in [2.45, 2.75) is 12.5 Å². The fourth-order valence-electron chi connectivity index (χ4n) is 1.79. The highest BCUT2D eigenvalue weighted by Crippen LogP contribution is 2.34. The van der Waals surface area contributed by atoms with Gasteiger partial charge in [-0.05, 0) is 23.8 Å². The molecule has 2 aromatic rings. The van der Waals surface area contributed by atoms with Crippen molar-refractivity contribution in [3.05, 3.63) is 64.4 Å². The molecule has 0 aromatic heterocycles. The first-order valence-corrected chi connectivity index (χ1v) is 6.13. The largest absolute Gasteiger partial charge is 0.573 e. The van der Waals surface area contributed by atoms with E-state index in [4.69, 9.17) is 11.6 Å². The zero-order valence-corrected chi connectivity index (χ0v) is 11.1. The van der Waals surface area contributed by atoms with E-state index in [9.17, 15) is 22.7 Å². The number of alkyl halides is 3. The van der Waals surface area contributed by atoms with Crippen LogP contribution in [0.2, 0.25) is 5.02 Å². The number of halogens is 5. The lowest BCUT2D eigenvalue weighted by Crippen LogP contribution is -2.18. The fraction of sp³-hybridized carbons (Fsp3) is 0.143. The Labute approximate surface area is 122 Å². The van der Waals surface area contributed by atoms with Gasteiger partial charge in [-0.25, -0.2) is 4.39 Å². The first-order valence-electron chi connectivity index (χ1n) is 5.75. The topological polar surface area (TPSA) is 29.5 Å². The Morgan fingerprint density at radius 1 is 1.10 bits per heavy atom. The predicted molar refractivity (Wildman–Crippen MR) is 68.6 cm³/mol. The molecule has 0 aliphatic heterocycles. The average Bonchev–Trinajstić information content (AvgIpc) is 2.40. The molecule has 7 heteroatoms. The Morgan fingerprint density at radius 3 is 2.38 bits per heavy atom. The maximum Gasteiger partial charge on any atom is 0.573 e. The van der Waals surface area contributed by atoms with Gasteiger partial charge in [-0.15, -0.1) is 13.2 Å². The van der Waals surface area contributed by atoms with Gasteiger partial charge in [0.1, 0.15) is 17.7 Å². The van der Waals surface area contributed by atoms with E-state index >= 15 is 0 Å². The second kappa shape index (κ2) is 5.91.